The molecule has 0 saturated carbocycles. The van der Waals surface area contributed by atoms with Crippen LogP contribution in [-0.4, -0.2) is 37.3 Å². The molecule has 0 aliphatic rings. The molecule has 17 heavy (non-hydrogen) atoms. The molecule has 1 N–H and O–H groups in total. The number of nitrogens with one attached hydrogen (secondary N) is 1. The lowest BCUT2D eigenvalue weighted by molar-refractivity contribution is 0.189. The van der Waals surface area contributed by atoms with Crippen molar-refractivity contribution in [1.29, 1.82) is 0 Å². The lowest BCUT2D eigenvalue weighted by Gasteiger charge is -2.21. The number of benzene rings is 1. The minimum absolute atomic E-state index is 0.305. The number of ether oxygens (including phenoxy) is 1. The van der Waals surface area contributed by atoms with Gasteiger partial charge in [0.05, 0.1) is 5.69 Å². The standard InChI is InChI=1S/C12H17FN2OS/c1-15(8-5-9-16-2)12(17)14-11-7-4-3-6-10(11)13/h3-4,6-7H,5,8-9H2,1-2H3,(H,14,17). The summed E-state index contributed by atoms with van der Waals surface area (Å²) < 4.78 is 18.3. The van der Waals surface area contributed by atoms with Crippen molar-refractivity contribution >= 4 is 23.0 Å². The van der Waals surface area contributed by atoms with Crippen LogP contribution in [0.4, 0.5) is 10.1 Å². The van der Waals surface area contributed by atoms with Crippen LogP contribution >= 0.6 is 12.2 Å². The summed E-state index contributed by atoms with van der Waals surface area (Å²) in [5, 5.41) is 3.38. The van der Waals surface area contributed by atoms with Crippen LogP contribution in [0.5, 0.6) is 0 Å². The molecule has 0 radical (unpaired) electrons. The van der Waals surface area contributed by atoms with Gasteiger partial charge in [0.2, 0.25) is 0 Å². The number of nitrogens with zero attached hydrogens (tertiary/aromatic N) is 1. The molecule has 0 saturated heterocycles. The zero-order chi connectivity index (χ0) is 12.7. The van der Waals surface area contributed by atoms with E-state index in [-0.39, 0.29) is 5.82 Å². The van der Waals surface area contributed by atoms with Gasteiger partial charge < -0.3 is 15.0 Å². The first-order valence-corrected chi connectivity index (χ1v) is 5.81. The van der Waals surface area contributed by atoms with E-state index in [0.717, 1.165) is 13.0 Å². The van der Waals surface area contributed by atoms with Gasteiger partial charge in [-0.25, -0.2) is 4.39 Å². The van der Waals surface area contributed by atoms with Gasteiger partial charge >= 0.3 is 0 Å². The summed E-state index contributed by atoms with van der Waals surface area (Å²) in [6, 6.07) is 6.46. The average molecular weight is 256 g/mol. The molecule has 94 valence electrons. The number of hydrogen-bond acceptors (Lipinski definition) is 2. The summed E-state index contributed by atoms with van der Waals surface area (Å²) in [5.41, 5.74) is 0.399. The number of rotatable bonds is 5. The maximum Gasteiger partial charge on any atom is 0.173 e. The molecule has 1 aromatic rings. The van der Waals surface area contributed by atoms with Crippen molar-refractivity contribution in [2.24, 2.45) is 0 Å². The molecule has 0 aromatic heterocycles. The Kier molecular flexibility index (Phi) is 5.86. The molecule has 0 unspecified atom stereocenters. The second-order valence-electron chi connectivity index (χ2n) is 3.68. The van der Waals surface area contributed by atoms with Crippen LogP contribution < -0.4 is 5.32 Å². The molecule has 1 aromatic carbocycles. The third kappa shape index (κ3) is 4.66. The van der Waals surface area contributed by atoms with Crippen LogP contribution in [-0.2, 0) is 4.74 Å². The SMILES string of the molecule is COCCCN(C)C(=S)Nc1ccccc1F. The fourth-order valence-corrected chi connectivity index (χ4v) is 1.52. The molecule has 3 nitrogen and oxygen atoms in total. The first kappa shape index (κ1) is 13.9. The summed E-state index contributed by atoms with van der Waals surface area (Å²) in [6.07, 6.45) is 0.881. The van der Waals surface area contributed by atoms with E-state index in [1.165, 1.54) is 6.07 Å². The van der Waals surface area contributed by atoms with Gasteiger partial charge in [-0.05, 0) is 30.8 Å². The third-order valence-corrected chi connectivity index (χ3v) is 2.72. The van der Waals surface area contributed by atoms with Crippen molar-refractivity contribution in [3.8, 4) is 0 Å². The highest BCUT2D eigenvalue weighted by Crippen LogP contribution is 2.12. The van der Waals surface area contributed by atoms with Gasteiger partial charge in [-0.2, -0.15) is 0 Å². The Morgan fingerprint density at radius 1 is 1.47 bits per heavy atom. The highest BCUT2D eigenvalue weighted by Gasteiger charge is 2.06. The molecular weight excluding hydrogens is 239 g/mol. The van der Waals surface area contributed by atoms with Crippen molar-refractivity contribution in [1.82, 2.24) is 4.90 Å². The van der Waals surface area contributed by atoms with E-state index >= 15 is 0 Å². The molecule has 0 amide bonds. The van der Waals surface area contributed by atoms with Crippen molar-refractivity contribution in [2.45, 2.75) is 6.42 Å². The Bertz CT molecular complexity index is 373. The lowest BCUT2D eigenvalue weighted by atomic mass is 10.3. The fraction of sp³-hybridized carbons (Fsp3) is 0.417. The van der Waals surface area contributed by atoms with E-state index in [9.17, 15) is 4.39 Å². The molecule has 1 rings (SSSR count). The zero-order valence-electron chi connectivity index (χ0n) is 10.1. The van der Waals surface area contributed by atoms with Gasteiger partial charge in [-0.15, -0.1) is 0 Å². The van der Waals surface area contributed by atoms with Gasteiger partial charge in [0.1, 0.15) is 5.82 Å². The largest absolute Gasteiger partial charge is 0.385 e. The molecule has 5 heteroatoms. The minimum atomic E-state index is -0.305. The molecular formula is C12H17FN2OS. The molecule has 0 heterocycles. The Labute approximate surface area is 107 Å². The molecule has 0 bridgehead atoms. The number of para-hydroxylation sites is 1. The highest BCUT2D eigenvalue weighted by atomic mass is 32.1. The third-order valence-electron chi connectivity index (χ3n) is 2.30. The number of hydrogen-bond donors (Lipinski definition) is 1. The van der Waals surface area contributed by atoms with Crippen LogP contribution in [0, 0.1) is 5.82 Å². The van der Waals surface area contributed by atoms with Gasteiger partial charge in [-0.3, -0.25) is 0 Å². The normalized spacial score (nSPS) is 10.1. The van der Waals surface area contributed by atoms with E-state index in [1.807, 2.05) is 11.9 Å². The topological polar surface area (TPSA) is 24.5 Å². The molecule has 0 aliphatic heterocycles. The summed E-state index contributed by atoms with van der Waals surface area (Å²) in [5.74, 6) is -0.305. The quantitative estimate of drug-likeness (QED) is 0.646. The van der Waals surface area contributed by atoms with Crippen molar-refractivity contribution < 1.29 is 9.13 Å². The average Bonchev–Trinajstić information content (AvgIpc) is 2.32. The second kappa shape index (κ2) is 7.19. The van der Waals surface area contributed by atoms with E-state index in [0.29, 0.717) is 17.4 Å². The van der Waals surface area contributed by atoms with E-state index in [1.54, 1.807) is 25.3 Å². The Hall–Kier alpha value is -1.20. The first-order chi connectivity index (χ1) is 8.15. The Morgan fingerprint density at radius 3 is 2.82 bits per heavy atom. The summed E-state index contributed by atoms with van der Waals surface area (Å²) in [7, 11) is 3.53. The van der Waals surface area contributed by atoms with Crippen LogP contribution in [0.1, 0.15) is 6.42 Å². The maximum absolute atomic E-state index is 13.4. The minimum Gasteiger partial charge on any atom is -0.385 e. The van der Waals surface area contributed by atoms with Crippen molar-refractivity contribution in [3.63, 3.8) is 0 Å². The number of anilines is 1. The number of methoxy groups -OCH3 is 1. The van der Waals surface area contributed by atoms with E-state index in [2.05, 4.69) is 5.32 Å². The molecule has 0 spiro atoms. The van der Waals surface area contributed by atoms with Crippen LogP contribution in [0.15, 0.2) is 24.3 Å². The summed E-state index contributed by atoms with van der Waals surface area (Å²) in [6.45, 7) is 1.46. The molecule has 0 atom stereocenters. The van der Waals surface area contributed by atoms with Gasteiger partial charge in [-0.1, -0.05) is 12.1 Å². The number of thiocarbonyl (C=S) groups is 1. The second-order valence-corrected chi connectivity index (χ2v) is 4.06. The van der Waals surface area contributed by atoms with Gasteiger partial charge in [0.25, 0.3) is 0 Å². The predicted octanol–water partition coefficient (Wildman–Crippen LogP) is 2.49. The number of halogens is 1. The van der Waals surface area contributed by atoms with E-state index < -0.39 is 0 Å². The molecule has 0 aliphatic carbocycles. The van der Waals surface area contributed by atoms with Crippen molar-refractivity contribution in [3.05, 3.63) is 30.1 Å². The smallest absolute Gasteiger partial charge is 0.173 e. The monoisotopic (exact) mass is 256 g/mol. The fourth-order valence-electron chi connectivity index (χ4n) is 1.32. The van der Waals surface area contributed by atoms with Gasteiger partial charge in [0.15, 0.2) is 5.11 Å². The van der Waals surface area contributed by atoms with E-state index in [4.69, 9.17) is 17.0 Å². The lowest BCUT2D eigenvalue weighted by Crippen LogP contribution is -2.32. The Morgan fingerprint density at radius 2 is 2.18 bits per heavy atom. The first-order valence-electron chi connectivity index (χ1n) is 5.40. The van der Waals surface area contributed by atoms with Crippen LogP contribution in [0.25, 0.3) is 0 Å². The summed E-state index contributed by atoms with van der Waals surface area (Å²) >= 11 is 5.18. The summed E-state index contributed by atoms with van der Waals surface area (Å²) in [4.78, 5) is 1.86. The van der Waals surface area contributed by atoms with Crippen LogP contribution in [0.2, 0.25) is 0 Å². The highest BCUT2D eigenvalue weighted by molar-refractivity contribution is 7.80. The van der Waals surface area contributed by atoms with Crippen molar-refractivity contribution in [2.75, 3.05) is 32.6 Å². The zero-order valence-corrected chi connectivity index (χ0v) is 10.9. The molecule has 0 fully saturated rings. The maximum atomic E-state index is 13.4. The van der Waals surface area contributed by atoms with Gasteiger partial charge in [0, 0.05) is 27.3 Å². The predicted molar refractivity (Wildman–Crippen MR) is 71.7 cm³/mol. The van der Waals surface area contributed by atoms with Crippen LogP contribution in [0.3, 0.4) is 0 Å². The Balaban J connectivity index is 2.46.